The van der Waals surface area contributed by atoms with E-state index in [9.17, 15) is 0 Å². The van der Waals surface area contributed by atoms with Crippen LogP contribution in [0.5, 0.6) is 0 Å². The molecule has 0 amide bonds. The number of hydrogen-bond donors (Lipinski definition) is 0. The fraction of sp³-hybridized carbons (Fsp3) is 1.00. The second-order valence-electron chi connectivity index (χ2n) is 6.91. The minimum absolute atomic E-state index is 0.00406. The van der Waals surface area contributed by atoms with Gasteiger partial charge < -0.3 is 28.4 Å². The summed E-state index contributed by atoms with van der Waals surface area (Å²) in [5.41, 5.74) is 0. The molecular weight excluding hydrogens is 356 g/mol. The third kappa shape index (κ3) is 6.33. The molecule has 0 N–H and O–H groups in total. The third-order valence-electron chi connectivity index (χ3n) is 4.50. The molecule has 2 fully saturated rings. The van der Waals surface area contributed by atoms with Crippen LogP contribution in [0.2, 0.25) is 0 Å². The Bertz CT molecular complexity index is 398. The van der Waals surface area contributed by atoms with Crippen molar-refractivity contribution in [3.8, 4) is 0 Å². The predicted molar refractivity (Wildman–Crippen MR) is 96.4 cm³/mol. The Hall–Kier alpha value is -0.320. The van der Waals surface area contributed by atoms with Crippen molar-refractivity contribution in [2.75, 3.05) is 20.0 Å². The molecule has 0 aromatic carbocycles. The fourth-order valence-electron chi connectivity index (χ4n) is 2.96. The molecule has 6 atom stereocenters. The van der Waals surface area contributed by atoms with Crippen molar-refractivity contribution < 1.29 is 37.9 Å². The summed E-state index contributed by atoms with van der Waals surface area (Å²) < 4.78 is 46.3. The molecule has 160 valence electrons. The molecule has 0 bridgehead atoms. The topological polar surface area (TPSA) is 73.8 Å². The first-order valence-corrected chi connectivity index (χ1v) is 10.1. The first-order chi connectivity index (χ1) is 12.9. The summed E-state index contributed by atoms with van der Waals surface area (Å²) in [5, 5.41) is 0. The van der Waals surface area contributed by atoms with Gasteiger partial charge in [0.25, 0.3) is 11.9 Å². The summed E-state index contributed by atoms with van der Waals surface area (Å²) in [6.45, 7) is 12.8. The molecule has 8 nitrogen and oxygen atoms in total. The van der Waals surface area contributed by atoms with Gasteiger partial charge in [0, 0.05) is 12.8 Å². The summed E-state index contributed by atoms with van der Waals surface area (Å²) in [4.78, 5) is 0. The molecule has 0 saturated carbocycles. The Labute approximate surface area is 162 Å². The Kier molecular flexibility index (Phi) is 8.89. The molecule has 6 unspecified atom stereocenters. The first-order valence-electron chi connectivity index (χ1n) is 10.1. The molecule has 27 heavy (non-hydrogen) atoms. The van der Waals surface area contributed by atoms with Crippen molar-refractivity contribution in [3.63, 3.8) is 0 Å². The van der Waals surface area contributed by atoms with Gasteiger partial charge in [-0.1, -0.05) is 27.7 Å². The van der Waals surface area contributed by atoms with Crippen LogP contribution >= 0.6 is 0 Å². The maximum atomic E-state index is 5.93. The van der Waals surface area contributed by atoms with Crippen LogP contribution in [0.3, 0.4) is 0 Å². The minimum atomic E-state index is -1.05. The van der Waals surface area contributed by atoms with Gasteiger partial charge in [-0.15, -0.1) is 0 Å². The van der Waals surface area contributed by atoms with Crippen LogP contribution in [-0.4, -0.2) is 56.7 Å². The molecule has 2 aliphatic rings. The lowest BCUT2D eigenvalue weighted by Crippen LogP contribution is -2.40. The molecule has 8 heteroatoms. The molecule has 0 aliphatic carbocycles. The van der Waals surface area contributed by atoms with E-state index in [2.05, 4.69) is 0 Å². The molecule has 0 aromatic rings. The van der Waals surface area contributed by atoms with Crippen LogP contribution in [0.1, 0.15) is 67.2 Å². The first kappa shape index (κ1) is 23.0. The summed E-state index contributed by atoms with van der Waals surface area (Å²) in [7, 11) is 0. The molecule has 0 spiro atoms. The highest BCUT2D eigenvalue weighted by molar-refractivity contribution is 4.68. The third-order valence-corrected chi connectivity index (χ3v) is 4.50. The van der Waals surface area contributed by atoms with E-state index >= 15 is 0 Å². The van der Waals surface area contributed by atoms with Crippen molar-refractivity contribution >= 4 is 0 Å². The second kappa shape index (κ2) is 10.5. The standard InChI is InChI=1S/C19H36O8/c1-7-16(26-18(9-3)22-11-14(5)24-18)20-13-21-17(8-2)27-19(10-4)23-12-15(6)25-19/h14-17H,7-13H2,1-6H3. The second-order valence-corrected chi connectivity index (χ2v) is 6.91. The number of ether oxygens (including phenoxy) is 8. The van der Waals surface area contributed by atoms with Crippen LogP contribution in [0.15, 0.2) is 0 Å². The van der Waals surface area contributed by atoms with Crippen LogP contribution < -0.4 is 0 Å². The van der Waals surface area contributed by atoms with Crippen LogP contribution in [0.25, 0.3) is 0 Å². The van der Waals surface area contributed by atoms with Gasteiger partial charge >= 0.3 is 0 Å². The zero-order chi connectivity index (χ0) is 19.9. The van der Waals surface area contributed by atoms with Gasteiger partial charge in [-0.2, -0.15) is 0 Å². The Morgan fingerprint density at radius 3 is 1.44 bits per heavy atom. The van der Waals surface area contributed by atoms with Crippen LogP contribution in [0.4, 0.5) is 0 Å². The van der Waals surface area contributed by atoms with E-state index in [4.69, 9.17) is 37.9 Å². The van der Waals surface area contributed by atoms with Gasteiger partial charge in [0.15, 0.2) is 19.4 Å². The van der Waals surface area contributed by atoms with Crippen molar-refractivity contribution in [1.29, 1.82) is 0 Å². The van der Waals surface area contributed by atoms with E-state index in [0.29, 0.717) is 38.9 Å². The smallest absolute Gasteiger partial charge is 0.285 e. The van der Waals surface area contributed by atoms with Crippen molar-refractivity contribution in [1.82, 2.24) is 0 Å². The molecular formula is C19H36O8. The van der Waals surface area contributed by atoms with E-state index in [1.807, 2.05) is 41.5 Å². The molecule has 2 rings (SSSR count). The summed E-state index contributed by atoms with van der Waals surface area (Å²) >= 11 is 0. The largest absolute Gasteiger partial charge is 0.326 e. The zero-order valence-electron chi connectivity index (χ0n) is 17.5. The van der Waals surface area contributed by atoms with E-state index < -0.39 is 24.5 Å². The zero-order valence-corrected chi connectivity index (χ0v) is 17.5. The van der Waals surface area contributed by atoms with E-state index in [-0.39, 0.29) is 19.0 Å². The highest BCUT2D eigenvalue weighted by Gasteiger charge is 2.43. The molecule has 2 aliphatic heterocycles. The quantitative estimate of drug-likeness (QED) is 0.467. The van der Waals surface area contributed by atoms with Crippen molar-refractivity contribution in [3.05, 3.63) is 0 Å². The van der Waals surface area contributed by atoms with Gasteiger partial charge in [0.2, 0.25) is 0 Å². The number of rotatable bonds is 12. The molecule has 0 aromatic heterocycles. The Balaban J connectivity index is 1.79. The summed E-state index contributed by atoms with van der Waals surface area (Å²) in [5.74, 6) is -2.09. The average Bonchev–Trinajstić information content (AvgIpc) is 3.23. The van der Waals surface area contributed by atoms with Gasteiger partial charge in [-0.3, -0.25) is 9.47 Å². The normalized spacial score (nSPS) is 36.2. The SMILES string of the molecule is CCC(OCOC(CC)OC1(CC)OCC(C)O1)OC1(CC)OCC(C)O1. The van der Waals surface area contributed by atoms with Gasteiger partial charge in [-0.05, 0) is 26.7 Å². The maximum Gasteiger partial charge on any atom is 0.285 e. The lowest BCUT2D eigenvalue weighted by molar-refractivity contribution is -0.410. The van der Waals surface area contributed by atoms with E-state index in [0.717, 1.165) is 0 Å². The average molecular weight is 392 g/mol. The Morgan fingerprint density at radius 2 is 1.19 bits per heavy atom. The lowest BCUT2D eigenvalue weighted by Gasteiger charge is -2.32. The van der Waals surface area contributed by atoms with E-state index in [1.165, 1.54) is 0 Å². The lowest BCUT2D eigenvalue weighted by atomic mass is 10.4. The van der Waals surface area contributed by atoms with Crippen LogP contribution in [0, 0.1) is 0 Å². The van der Waals surface area contributed by atoms with Gasteiger partial charge in [0.1, 0.15) is 0 Å². The molecule has 2 saturated heterocycles. The van der Waals surface area contributed by atoms with Crippen molar-refractivity contribution in [2.24, 2.45) is 0 Å². The fourth-order valence-corrected chi connectivity index (χ4v) is 2.96. The highest BCUT2D eigenvalue weighted by atomic mass is 16.9. The molecule has 0 radical (unpaired) electrons. The highest BCUT2D eigenvalue weighted by Crippen LogP contribution is 2.32. The van der Waals surface area contributed by atoms with Crippen LogP contribution in [-0.2, 0) is 37.9 Å². The maximum absolute atomic E-state index is 5.93. The van der Waals surface area contributed by atoms with Crippen molar-refractivity contribution in [2.45, 2.75) is 104 Å². The summed E-state index contributed by atoms with van der Waals surface area (Å²) in [6.07, 6.45) is 1.39. The Morgan fingerprint density at radius 1 is 0.778 bits per heavy atom. The predicted octanol–water partition coefficient (Wildman–Crippen LogP) is 3.48. The monoisotopic (exact) mass is 392 g/mol. The van der Waals surface area contributed by atoms with Gasteiger partial charge in [0.05, 0.1) is 25.4 Å². The minimum Gasteiger partial charge on any atom is -0.326 e. The summed E-state index contributed by atoms with van der Waals surface area (Å²) in [6, 6.07) is 0. The number of hydrogen-bond acceptors (Lipinski definition) is 8. The van der Waals surface area contributed by atoms with E-state index in [1.54, 1.807) is 0 Å². The van der Waals surface area contributed by atoms with Gasteiger partial charge in [-0.25, -0.2) is 0 Å². The molecule has 2 heterocycles.